The third-order valence-corrected chi connectivity index (χ3v) is 3.13. The topological polar surface area (TPSA) is 29.5 Å². The molecule has 0 aliphatic heterocycles. The fourth-order valence-corrected chi connectivity index (χ4v) is 2.17. The Kier molecular flexibility index (Phi) is 4.23. The summed E-state index contributed by atoms with van der Waals surface area (Å²) >= 11 is 0. The minimum atomic E-state index is -0.467. The van der Waals surface area contributed by atoms with Gasteiger partial charge in [-0.25, -0.2) is 0 Å². The minimum Gasteiger partial charge on any atom is -0.490 e. The van der Waals surface area contributed by atoms with E-state index < -0.39 is 6.10 Å². The zero-order valence-electron chi connectivity index (χ0n) is 11.7. The van der Waals surface area contributed by atoms with E-state index in [1.807, 2.05) is 24.3 Å². The summed E-state index contributed by atoms with van der Waals surface area (Å²) in [6.07, 6.45) is -0.467. The lowest BCUT2D eigenvalue weighted by Crippen LogP contribution is -2.13. The number of aryl methyl sites for hydroxylation is 2. The normalized spacial score (nSPS) is 12.2. The molecular weight excluding hydrogens is 236 g/mol. The van der Waals surface area contributed by atoms with Crippen LogP contribution in [0.5, 0.6) is 5.75 Å². The fourth-order valence-electron chi connectivity index (χ4n) is 2.17. The highest BCUT2D eigenvalue weighted by molar-refractivity contribution is 5.76. The van der Waals surface area contributed by atoms with Crippen LogP contribution in [0.25, 0.3) is 11.1 Å². The van der Waals surface area contributed by atoms with E-state index in [4.69, 9.17) is 4.74 Å². The molecule has 100 valence electrons. The molecule has 1 N–H and O–H groups in total. The molecule has 1 unspecified atom stereocenters. The Morgan fingerprint density at radius 2 is 1.68 bits per heavy atom. The number of hydrogen-bond acceptors (Lipinski definition) is 2. The Hall–Kier alpha value is -1.80. The molecule has 19 heavy (non-hydrogen) atoms. The molecule has 0 bridgehead atoms. The minimum absolute atomic E-state index is 0.308. The average molecular weight is 256 g/mol. The van der Waals surface area contributed by atoms with Crippen LogP contribution in [0.3, 0.4) is 0 Å². The molecule has 0 radical (unpaired) electrons. The number of ether oxygens (including phenoxy) is 1. The molecule has 0 spiro atoms. The van der Waals surface area contributed by atoms with Gasteiger partial charge in [-0.1, -0.05) is 36.4 Å². The second-order valence-corrected chi connectivity index (χ2v) is 4.92. The molecule has 0 amide bonds. The Labute approximate surface area is 114 Å². The highest BCUT2D eigenvalue weighted by Crippen LogP contribution is 2.35. The molecule has 0 saturated heterocycles. The second-order valence-electron chi connectivity index (χ2n) is 4.92. The Morgan fingerprint density at radius 1 is 1.00 bits per heavy atom. The number of benzene rings is 2. The number of aliphatic hydroxyl groups is 1. The molecule has 0 heterocycles. The van der Waals surface area contributed by atoms with Gasteiger partial charge in [0.05, 0.1) is 6.10 Å². The van der Waals surface area contributed by atoms with Crippen molar-refractivity contribution in [2.45, 2.75) is 26.9 Å². The first kappa shape index (κ1) is 13.6. The summed E-state index contributed by atoms with van der Waals surface area (Å²) in [5.41, 5.74) is 4.69. The van der Waals surface area contributed by atoms with Gasteiger partial charge in [-0.3, -0.25) is 0 Å². The van der Waals surface area contributed by atoms with Gasteiger partial charge in [0.25, 0.3) is 0 Å². The molecule has 0 aromatic heterocycles. The van der Waals surface area contributed by atoms with Gasteiger partial charge in [0.15, 0.2) is 0 Å². The molecule has 0 aliphatic carbocycles. The molecule has 0 aliphatic rings. The quantitative estimate of drug-likeness (QED) is 0.903. The van der Waals surface area contributed by atoms with Gasteiger partial charge in [0.1, 0.15) is 12.4 Å². The lowest BCUT2D eigenvalue weighted by atomic mass is 9.96. The van der Waals surface area contributed by atoms with Crippen LogP contribution in [0.4, 0.5) is 0 Å². The predicted molar refractivity (Wildman–Crippen MR) is 78.5 cm³/mol. The van der Waals surface area contributed by atoms with Crippen LogP contribution in [0.1, 0.15) is 18.1 Å². The first-order valence-electron chi connectivity index (χ1n) is 6.56. The molecule has 2 aromatic carbocycles. The Balaban J connectivity index is 2.46. The maximum atomic E-state index is 9.37. The van der Waals surface area contributed by atoms with Crippen LogP contribution < -0.4 is 4.74 Å². The summed E-state index contributed by atoms with van der Waals surface area (Å²) in [6.45, 7) is 6.21. The predicted octanol–water partition coefficient (Wildman–Crippen LogP) is 3.73. The maximum absolute atomic E-state index is 9.37. The zero-order chi connectivity index (χ0) is 13.8. The van der Waals surface area contributed by atoms with Crippen molar-refractivity contribution in [2.75, 3.05) is 6.61 Å². The van der Waals surface area contributed by atoms with Gasteiger partial charge in [0.2, 0.25) is 0 Å². The summed E-state index contributed by atoms with van der Waals surface area (Å²) in [7, 11) is 0. The fraction of sp³-hybridized carbons (Fsp3) is 0.294. The van der Waals surface area contributed by atoms with E-state index in [0.717, 1.165) is 11.3 Å². The van der Waals surface area contributed by atoms with Crippen molar-refractivity contribution in [1.29, 1.82) is 0 Å². The van der Waals surface area contributed by atoms with Crippen molar-refractivity contribution < 1.29 is 9.84 Å². The van der Waals surface area contributed by atoms with Crippen molar-refractivity contribution in [3.8, 4) is 16.9 Å². The molecule has 2 aromatic rings. The monoisotopic (exact) mass is 256 g/mol. The summed E-state index contributed by atoms with van der Waals surface area (Å²) < 4.78 is 5.74. The van der Waals surface area contributed by atoms with Crippen LogP contribution in [-0.4, -0.2) is 17.8 Å². The van der Waals surface area contributed by atoms with Crippen molar-refractivity contribution >= 4 is 0 Å². The van der Waals surface area contributed by atoms with Crippen LogP contribution >= 0.6 is 0 Å². The van der Waals surface area contributed by atoms with Crippen LogP contribution in [-0.2, 0) is 0 Å². The highest BCUT2D eigenvalue weighted by Gasteiger charge is 2.11. The largest absolute Gasteiger partial charge is 0.490 e. The van der Waals surface area contributed by atoms with E-state index in [-0.39, 0.29) is 0 Å². The van der Waals surface area contributed by atoms with E-state index in [9.17, 15) is 5.11 Å². The van der Waals surface area contributed by atoms with Crippen LogP contribution in [0, 0.1) is 13.8 Å². The van der Waals surface area contributed by atoms with Gasteiger partial charge in [-0.2, -0.15) is 0 Å². The third kappa shape index (κ3) is 3.15. The standard InChI is InChI=1S/C17H20O2/c1-12-7-4-5-9-15(12)17-13(2)8-6-10-16(17)19-11-14(3)18/h4-10,14,18H,11H2,1-3H3. The van der Waals surface area contributed by atoms with E-state index >= 15 is 0 Å². The first-order valence-corrected chi connectivity index (χ1v) is 6.56. The lowest BCUT2D eigenvalue weighted by molar-refractivity contribution is 0.123. The van der Waals surface area contributed by atoms with Gasteiger partial charge >= 0.3 is 0 Å². The molecule has 2 heteroatoms. The van der Waals surface area contributed by atoms with Gasteiger partial charge in [-0.05, 0) is 43.5 Å². The number of hydrogen-bond donors (Lipinski definition) is 1. The first-order chi connectivity index (χ1) is 9.09. The van der Waals surface area contributed by atoms with Crippen LogP contribution in [0.2, 0.25) is 0 Å². The van der Waals surface area contributed by atoms with E-state index in [1.54, 1.807) is 6.92 Å². The summed E-state index contributed by atoms with van der Waals surface area (Å²) in [5.74, 6) is 0.829. The van der Waals surface area contributed by atoms with Gasteiger partial charge in [0, 0.05) is 5.56 Å². The Bertz CT molecular complexity index is 559. The maximum Gasteiger partial charge on any atom is 0.127 e. The average Bonchev–Trinajstić information content (AvgIpc) is 2.37. The summed E-state index contributed by atoms with van der Waals surface area (Å²) in [5, 5.41) is 9.37. The molecule has 1 atom stereocenters. The molecule has 0 saturated carbocycles. The molecule has 2 rings (SSSR count). The van der Waals surface area contributed by atoms with Gasteiger partial charge < -0.3 is 9.84 Å². The Morgan fingerprint density at radius 3 is 2.37 bits per heavy atom. The summed E-state index contributed by atoms with van der Waals surface area (Å²) in [6, 6.07) is 14.3. The molecule has 0 fully saturated rings. The smallest absolute Gasteiger partial charge is 0.127 e. The van der Waals surface area contributed by atoms with E-state index in [1.165, 1.54) is 16.7 Å². The van der Waals surface area contributed by atoms with E-state index in [2.05, 4.69) is 32.0 Å². The van der Waals surface area contributed by atoms with Crippen molar-refractivity contribution in [2.24, 2.45) is 0 Å². The SMILES string of the molecule is Cc1ccccc1-c1c(C)cccc1OCC(C)O. The lowest BCUT2D eigenvalue weighted by Gasteiger charge is -2.16. The third-order valence-electron chi connectivity index (χ3n) is 3.13. The van der Waals surface area contributed by atoms with E-state index in [0.29, 0.717) is 6.61 Å². The highest BCUT2D eigenvalue weighted by atomic mass is 16.5. The molecular formula is C17H20O2. The van der Waals surface area contributed by atoms with Crippen molar-refractivity contribution in [3.05, 3.63) is 53.6 Å². The summed E-state index contributed by atoms with van der Waals surface area (Å²) in [4.78, 5) is 0. The number of aliphatic hydroxyl groups excluding tert-OH is 1. The van der Waals surface area contributed by atoms with Crippen molar-refractivity contribution in [1.82, 2.24) is 0 Å². The van der Waals surface area contributed by atoms with Crippen LogP contribution in [0.15, 0.2) is 42.5 Å². The van der Waals surface area contributed by atoms with Gasteiger partial charge in [-0.15, -0.1) is 0 Å². The number of rotatable bonds is 4. The second kappa shape index (κ2) is 5.89. The zero-order valence-corrected chi connectivity index (χ0v) is 11.7. The molecule has 2 nitrogen and oxygen atoms in total. The van der Waals surface area contributed by atoms with Crippen molar-refractivity contribution in [3.63, 3.8) is 0 Å².